The molecule has 21 nitrogen and oxygen atoms in total. The third-order valence-electron chi connectivity index (χ3n) is 27.4. The Labute approximate surface area is 859 Å². The van der Waals surface area contributed by atoms with Gasteiger partial charge in [-0.3, -0.25) is 0 Å². The molecule has 4 aliphatic heterocycles. The molecule has 0 atom stereocenters. The van der Waals surface area contributed by atoms with E-state index in [-0.39, 0.29) is 34.1 Å². The van der Waals surface area contributed by atoms with Crippen LogP contribution < -0.4 is 81.7 Å². The Bertz CT molecular complexity index is 7670. The number of unbranched alkanes of at least 4 members (excludes halogenated alkanes) is 6. The van der Waals surface area contributed by atoms with Gasteiger partial charge >= 0.3 is 34.1 Å². The zero-order valence-electron chi connectivity index (χ0n) is 82.7. The Balaban J connectivity index is 0.00000682. The van der Waals surface area contributed by atoms with Crippen molar-refractivity contribution in [2.24, 2.45) is 0 Å². The van der Waals surface area contributed by atoms with E-state index in [9.17, 15) is 0 Å². The summed E-state index contributed by atoms with van der Waals surface area (Å²) in [6, 6.07) is 77.7. The first-order valence-electron chi connectivity index (χ1n) is 48.0. The van der Waals surface area contributed by atoms with Crippen molar-refractivity contribution in [2.75, 3.05) is 90.2 Å². The number of anilines is 3. The maximum atomic E-state index is 6.18. The summed E-state index contributed by atoms with van der Waals surface area (Å²) in [6.07, 6.45) is 30.8. The maximum Gasteiger partial charge on any atom is 2.00 e. The molecule has 0 saturated heterocycles. The van der Waals surface area contributed by atoms with Gasteiger partial charge in [0.15, 0.2) is 46.0 Å². The van der Waals surface area contributed by atoms with E-state index in [0.717, 1.165) is 159 Å². The van der Waals surface area contributed by atoms with E-state index in [1.54, 1.807) is 85.3 Å². The molecule has 16 bridgehead atoms. The van der Waals surface area contributed by atoms with E-state index < -0.39 is 5.41 Å². The SMILES string of the molecule is CCCCCCC1(CCCCCC)c2cc(-c3c4nc(c(-c5cc(OC)c(OC)c(OC)c5)c5ccc(cc6nc(c(-c7cc(OC)c(OC)c(OC)c7)c7ccc3[n-]7)C=C6)[n-]5)C=C4)ccc2-c2ccc(-c3c4nc(c(-c5cc(OC)c(OC)c(OC)c5)c5ccc([n-]5)c(/C=C/c5ccc(N(c6ccccc6)c6ccccc6)cc5)c5nc(c(-c6cc(OC)c(OC)c(OC)c6)c6ccc3[n-]6)C=C5)C=C4)cc21.[Cu+2].[Cu+2]. The predicted octanol–water partition coefficient (Wildman–Crippen LogP) is 28.1. The van der Waals surface area contributed by atoms with E-state index in [0.29, 0.717) is 170 Å². The summed E-state index contributed by atoms with van der Waals surface area (Å²) in [5.41, 5.74) is 29.1. The van der Waals surface area contributed by atoms with Crippen LogP contribution in [0.5, 0.6) is 69.0 Å². The molecule has 20 rings (SSSR count). The number of hydrogen-bond donors (Lipinski definition) is 0. The van der Waals surface area contributed by atoms with Gasteiger partial charge in [-0.2, -0.15) is 0 Å². The van der Waals surface area contributed by atoms with Gasteiger partial charge in [-0.15, -0.1) is 44.1 Å². The number of methoxy groups -OCH3 is 12. The fourth-order valence-electron chi connectivity index (χ4n) is 20.7. The number of rotatable bonds is 33. The van der Waals surface area contributed by atoms with Crippen molar-refractivity contribution in [3.05, 3.63) is 292 Å². The van der Waals surface area contributed by atoms with E-state index in [1.165, 1.54) is 11.1 Å². The molecular formula is C121H109Cu2N9O12. The summed E-state index contributed by atoms with van der Waals surface area (Å²) in [6.45, 7) is 4.57. The first-order chi connectivity index (χ1) is 69.7. The quantitative estimate of drug-likeness (QED) is 0.0275. The monoisotopic (exact) mass is 2010 g/mol. The minimum Gasteiger partial charge on any atom is -0.657 e. The smallest absolute Gasteiger partial charge is 0.657 e. The number of fused-ring (bicyclic) bond motifs is 19. The molecule has 1 aliphatic carbocycles. The minimum atomic E-state index is -0.549. The third-order valence-corrected chi connectivity index (χ3v) is 27.4. The van der Waals surface area contributed by atoms with Gasteiger partial charge in [0.2, 0.25) is 23.0 Å². The van der Waals surface area contributed by atoms with Crippen molar-refractivity contribution in [1.29, 1.82) is 0 Å². The molecule has 0 N–H and O–H groups in total. The first kappa shape index (κ1) is 98.5. The van der Waals surface area contributed by atoms with Gasteiger partial charge in [-0.05, 0) is 259 Å². The van der Waals surface area contributed by atoms with Gasteiger partial charge in [0.25, 0.3) is 0 Å². The number of ether oxygens (including phenoxy) is 12. The zero-order valence-corrected chi connectivity index (χ0v) is 84.6. The molecule has 6 aromatic heterocycles. The average Bonchev–Trinajstić information content (AvgIpc) is 1.55. The van der Waals surface area contributed by atoms with Crippen LogP contribution in [0.1, 0.15) is 146 Å². The second kappa shape index (κ2) is 43.0. The summed E-state index contributed by atoms with van der Waals surface area (Å²) < 4.78 is 72.9. The van der Waals surface area contributed by atoms with Crippen LogP contribution in [0.25, 0.3) is 183 Å². The zero-order chi connectivity index (χ0) is 97.8. The van der Waals surface area contributed by atoms with Crippen LogP contribution in [0.2, 0.25) is 0 Å². The minimum absolute atomic E-state index is 0. The van der Waals surface area contributed by atoms with Gasteiger partial charge < -0.3 is 81.7 Å². The van der Waals surface area contributed by atoms with Crippen LogP contribution in [-0.2, 0) is 39.6 Å². The summed E-state index contributed by atoms with van der Waals surface area (Å²) in [4.78, 5) is 47.8. The van der Waals surface area contributed by atoms with Crippen molar-refractivity contribution in [3.8, 4) is 147 Å². The first-order valence-corrected chi connectivity index (χ1v) is 48.0. The fourth-order valence-corrected chi connectivity index (χ4v) is 20.7. The van der Waals surface area contributed by atoms with Crippen molar-refractivity contribution in [3.63, 3.8) is 0 Å². The normalized spacial score (nSPS) is 12.3. The second-order valence-electron chi connectivity index (χ2n) is 35.4. The maximum absolute atomic E-state index is 6.18. The molecule has 23 heteroatoms. The molecule has 144 heavy (non-hydrogen) atoms. The van der Waals surface area contributed by atoms with Crippen LogP contribution in [0, 0.1) is 0 Å². The van der Waals surface area contributed by atoms with Crippen LogP contribution >= 0.6 is 0 Å². The Kier molecular flexibility index (Phi) is 29.5. The Morgan fingerprint density at radius 3 is 0.944 bits per heavy atom. The molecule has 732 valence electrons. The van der Waals surface area contributed by atoms with Gasteiger partial charge in [-0.1, -0.05) is 205 Å². The van der Waals surface area contributed by atoms with E-state index in [1.807, 2.05) is 91.0 Å². The number of hydrogen-bond acceptors (Lipinski definition) is 17. The standard InChI is InChI=1S/C121H109N9O12.2Cu/c1-15-17-19-27-59-121(60-28-20-18-16-2)87-61-73(111-93-51-55-99(126-93)113(75-63-103(131-3)117(139-11)104(64-75)132-4)91-45-38-79(122-91)71-80-39-46-92(123-80)114(100-56-52-94(111)127-100)76-65-105(133-5)118(140-12)106(66-76)134-6)36-43-84(87)85-44-37-74(62-88(85)121)112-95-53-57-101(128-95)115(77-67-107(135-7)119(141-13)108(68-77)136-8)97-49-47-89(124-97)86(42-35-72-33-40-83(41-34-72)130(81-29-23-21-24-30-81)82-31-25-22-26-32-82)90-48-50-98(125-90)116(102-58-54-96(112)129-102)78-69-109(137-9)120(142-14)110(70-78)138-10;;/h21-26,29-58,61-71H,15-20,27-28,59-60H2,1-14H3;;/q-4;2*+2/b42-35+,79-71?,80-71?,89-86?,90-86?,111-93?,111-94?,112-95?,112-96?,113-91?,113-99?,114-92?,114-100?,115-97?,115-101?,116-98?,116-102?;;. The van der Waals surface area contributed by atoms with Crippen molar-refractivity contribution in [2.45, 2.75) is 83.5 Å². The summed E-state index contributed by atoms with van der Waals surface area (Å²) in [5, 5.41) is 0. The summed E-state index contributed by atoms with van der Waals surface area (Å²) in [5.74, 6) is 5.57. The molecule has 0 saturated carbocycles. The molecule has 2 radical (unpaired) electrons. The second-order valence-corrected chi connectivity index (χ2v) is 35.4. The fraction of sp³-hybridized carbons (Fsp3) is 0.207. The Morgan fingerprint density at radius 1 is 0.271 bits per heavy atom. The van der Waals surface area contributed by atoms with Gasteiger partial charge in [0.05, 0.1) is 131 Å². The molecule has 0 unspecified atom stereocenters. The Morgan fingerprint density at radius 2 is 0.583 bits per heavy atom. The molecule has 5 aliphatic rings. The molecule has 15 aromatic rings. The van der Waals surface area contributed by atoms with E-state index in [4.69, 9.17) is 96.7 Å². The van der Waals surface area contributed by atoms with Crippen molar-refractivity contribution in [1.82, 2.24) is 39.9 Å². The number of para-hydroxylation sites is 2. The van der Waals surface area contributed by atoms with Crippen LogP contribution in [0.4, 0.5) is 17.1 Å². The Hall–Kier alpha value is -15.6. The number of aromatic nitrogens is 8. The van der Waals surface area contributed by atoms with Crippen molar-refractivity contribution >= 4 is 122 Å². The number of nitrogens with zero attached hydrogens (tertiary/aromatic N) is 9. The van der Waals surface area contributed by atoms with Crippen molar-refractivity contribution < 1.29 is 91.0 Å². The van der Waals surface area contributed by atoms with Gasteiger partial charge in [0, 0.05) is 22.5 Å². The average molecular weight is 2010 g/mol. The van der Waals surface area contributed by atoms with E-state index in [2.05, 4.69) is 213 Å². The molecule has 0 spiro atoms. The molecule has 10 heterocycles. The van der Waals surface area contributed by atoms with Gasteiger partial charge in [-0.25, -0.2) is 19.9 Å². The van der Waals surface area contributed by atoms with Crippen LogP contribution in [0.15, 0.2) is 224 Å². The molecule has 0 amide bonds. The van der Waals surface area contributed by atoms with Crippen LogP contribution in [-0.4, -0.2) is 105 Å². The number of benzene rings is 9. The summed E-state index contributed by atoms with van der Waals surface area (Å²) in [7, 11) is 19.5. The van der Waals surface area contributed by atoms with E-state index >= 15 is 0 Å². The molecule has 0 fully saturated rings. The topological polar surface area (TPSA) is 222 Å². The van der Waals surface area contributed by atoms with Gasteiger partial charge in [0.1, 0.15) is 0 Å². The molecule has 9 aromatic carbocycles. The predicted molar refractivity (Wildman–Crippen MR) is 572 cm³/mol. The third kappa shape index (κ3) is 18.5. The molecular weight excluding hydrogens is 1900 g/mol. The summed E-state index contributed by atoms with van der Waals surface area (Å²) >= 11 is 0. The largest absolute Gasteiger partial charge is 2.00 e. The van der Waals surface area contributed by atoms with Crippen LogP contribution in [0.3, 0.4) is 0 Å².